The van der Waals surface area contributed by atoms with Crippen LogP contribution in [-0.4, -0.2) is 49.2 Å². The molecule has 0 aromatic heterocycles. The molecule has 98 valence electrons. The van der Waals surface area contributed by atoms with Crippen LogP contribution < -0.4 is 5.32 Å². The summed E-state index contributed by atoms with van der Waals surface area (Å²) in [7, 11) is 0. The Labute approximate surface area is 104 Å². The van der Waals surface area contributed by atoms with Crippen molar-refractivity contribution in [2.45, 2.75) is 45.3 Å². The van der Waals surface area contributed by atoms with E-state index in [4.69, 9.17) is 4.74 Å². The van der Waals surface area contributed by atoms with Gasteiger partial charge in [0.25, 0.3) is 0 Å². The van der Waals surface area contributed by atoms with Crippen molar-refractivity contribution in [1.29, 1.82) is 0 Å². The quantitative estimate of drug-likeness (QED) is 0.800. The summed E-state index contributed by atoms with van der Waals surface area (Å²) in [5.41, 5.74) is 0. The van der Waals surface area contributed by atoms with Crippen molar-refractivity contribution in [2.24, 2.45) is 5.92 Å². The molecule has 3 atom stereocenters. The molecule has 3 unspecified atom stereocenters. The van der Waals surface area contributed by atoms with E-state index in [1.807, 2.05) is 11.8 Å². The number of nitrogens with one attached hydrogen (secondary N) is 1. The lowest BCUT2D eigenvalue weighted by atomic mass is 10.0. The first-order valence-corrected chi connectivity index (χ1v) is 6.78. The Morgan fingerprint density at radius 2 is 2.29 bits per heavy atom. The lowest BCUT2D eigenvalue weighted by molar-refractivity contribution is -0.143. The van der Waals surface area contributed by atoms with E-state index in [0.717, 1.165) is 26.1 Å². The monoisotopic (exact) mass is 240 g/mol. The summed E-state index contributed by atoms with van der Waals surface area (Å²) in [4.78, 5) is 14.2. The van der Waals surface area contributed by atoms with Crippen LogP contribution in [0.2, 0.25) is 0 Å². The molecule has 2 saturated heterocycles. The fraction of sp³-hybridized carbons (Fsp3) is 0.923. The fourth-order valence-corrected chi connectivity index (χ4v) is 2.68. The SMILES string of the molecule is CC1CN(C(=O)CCC2CCNC2)C(C)CO1. The molecule has 0 bridgehead atoms. The number of morpholine rings is 1. The maximum absolute atomic E-state index is 12.2. The minimum atomic E-state index is 0.184. The van der Waals surface area contributed by atoms with E-state index < -0.39 is 0 Å². The molecule has 4 heteroatoms. The molecule has 0 saturated carbocycles. The van der Waals surface area contributed by atoms with Crippen LogP contribution in [0.25, 0.3) is 0 Å². The predicted molar refractivity (Wildman–Crippen MR) is 66.8 cm³/mol. The topological polar surface area (TPSA) is 41.6 Å². The third kappa shape index (κ3) is 3.42. The average Bonchev–Trinajstić information content (AvgIpc) is 2.82. The molecule has 1 N–H and O–H groups in total. The van der Waals surface area contributed by atoms with Crippen LogP contribution >= 0.6 is 0 Å². The van der Waals surface area contributed by atoms with Crippen LogP contribution in [0.1, 0.15) is 33.1 Å². The first-order chi connectivity index (χ1) is 8.16. The third-order valence-corrected chi connectivity index (χ3v) is 3.86. The normalized spacial score (nSPS) is 34.0. The molecule has 2 rings (SSSR count). The second-order valence-corrected chi connectivity index (χ2v) is 5.44. The first kappa shape index (κ1) is 12.8. The minimum Gasteiger partial charge on any atom is -0.375 e. The van der Waals surface area contributed by atoms with Gasteiger partial charge < -0.3 is 15.0 Å². The Bertz CT molecular complexity index is 264. The molecule has 0 spiro atoms. The lowest BCUT2D eigenvalue weighted by Gasteiger charge is -2.37. The summed E-state index contributed by atoms with van der Waals surface area (Å²) >= 11 is 0. The highest BCUT2D eigenvalue weighted by atomic mass is 16.5. The van der Waals surface area contributed by atoms with Gasteiger partial charge in [-0.3, -0.25) is 4.79 Å². The molecule has 0 radical (unpaired) electrons. The number of carbonyl (C=O) groups is 1. The van der Waals surface area contributed by atoms with Crippen LogP contribution in [0, 0.1) is 5.92 Å². The van der Waals surface area contributed by atoms with Crippen molar-refractivity contribution in [3.05, 3.63) is 0 Å². The molecule has 2 aliphatic rings. The zero-order valence-electron chi connectivity index (χ0n) is 10.9. The molecule has 2 fully saturated rings. The molecule has 0 aliphatic carbocycles. The van der Waals surface area contributed by atoms with Crippen molar-refractivity contribution < 1.29 is 9.53 Å². The summed E-state index contributed by atoms with van der Waals surface area (Å²) in [6.45, 7) is 7.74. The van der Waals surface area contributed by atoms with Crippen LogP contribution in [0.5, 0.6) is 0 Å². The van der Waals surface area contributed by atoms with E-state index in [0.29, 0.717) is 24.9 Å². The molecule has 4 nitrogen and oxygen atoms in total. The Balaban J connectivity index is 1.77. The van der Waals surface area contributed by atoms with Gasteiger partial charge in [-0.05, 0) is 45.7 Å². The van der Waals surface area contributed by atoms with Crippen molar-refractivity contribution >= 4 is 5.91 Å². The van der Waals surface area contributed by atoms with Gasteiger partial charge in [0.1, 0.15) is 0 Å². The molecule has 1 amide bonds. The molecule has 2 aliphatic heterocycles. The van der Waals surface area contributed by atoms with E-state index in [1.54, 1.807) is 0 Å². The number of amides is 1. The van der Waals surface area contributed by atoms with Gasteiger partial charge in [0.2, 0.25) is 5.91 Å². The molecular formula is C13H24N2O2. The number of hydrogen-bond acceptors (Lipinski definition) is 3. The van der Waals surface area contributed by atoms with E-state index in [1.165, 1.54) is 6.42 Å². The average molecular weight is 240 g/mol. The van der Waals surface area contributed by atoms with E-state index in [-0.39, 0.29) is 12.1 Å². The molecule has 2 heterocycles. The smallest absolute Gasteiger partial charge is 0.222 e. The molecular weight excluding hydrogens is 216 g/mol. The zero-order chi connectivity index (χ0) is 12.3. The summed E-state index contributed by atoms with van der Waals surface area (Å²) in [6.07, 6.45) is 3.14. The highest BCUT2D eigenvalue weighted by molar-refractivity contribution is 5.76. The zero-order valence-corrected chi connectivity index (χ0v) is 10.9. The maximum atomic E-state index is 12.2. The third-order valence-electron chi connectivity index (χ3n) is 3.86. The maximum Gasteiger partial charge on any atom is 0.222 e. The van der Waals surface area contributed by atoms with E-state index in [2.05, 4.69) is 12.2 Å². The van der Waals surface area contributed by atoms with Crippen LogP contribution in [-0.2, 0) is 9.53 Å². The van der Waals surface area contributed by atoms with Gasteiger partial charge in [-0.1, -0.05) is 0 Å². The van der Waals surface area contributed by atoms with Crippen molar-refractivity contribution in [3.63, 3.8) is 0 Å². The lowest BCUT2D eigenvalue weighted by Crippen LogP contribution is -2.50. The summed E-state index contributed by atoms with van der Waals surface area (Å²) < 4.78 is 5.54. The van der Waals surface area contributed by atoms with Gasteiger partial charge in [-0.15, -0.1) is 0 Å². The summed E-state index contributed by atoms with van der Waals surface area (Å²) in [5, 5.41) is 3.35. The second kappa shape index (κ2) is 5.83. The number of carbonyl (C=O) groups excluding carboxylic acids is 1. The van der Waals surface area contributed by atoms with Crippen LogP contribution in [0.15, 0.2) is 0 Å². The van der Waals surface area contributed by atoms with Gasteiger partial charge in [0, 0.05) is 13.0 Å². The first-order valence-electron chi connectivity index (χ1n) is 6.78. The fourth-order valence-electron chi connectivity index (χ4n) is 2.68. The number of rotatable bonds is 3. The predicted octanol–water partition coefficient (Wildman–Crippen LogP) is 1.01. The Hall–Kier alpha value is -0.610. The van der Waals surface area contributed by atoms with E-state index >= 15 is 0 Å². The highest BCUT2D eigenvalue weighted by Gasteiger charge is 2.27. The van der Waals surface area contributed by atoms with Gasteiger partial charge >= 0.3 is 0 Å². The van der Waals surface area contributed by atoms with Crippen molar-refractivity contribution in [1.82, 2.24) is 10.2 Å². The van der Waals surface area contributed by atoms with Crippen molar-refractivity contribution in [3.8, 4) is 0 Å². The molecule has 0 aromatic rings. The highest BCUT2D eigenvalue weighted by Crippen LogP contribution is 2.18. The van der Waals surface area contributed by atoms with Gasteiger partial charge in [0.15, 0.2) is 0 Å². The standard InChI is InChI=1S/C13H24N2O2/c1-10-9-17-11(2)8-15(10)13(16)4-3-12-5-6-14-7-12/h10-12,14H,3-9H2,1-2H3. The van der Waals surface area contributed by atoms with Crippen LogP contribution in [0.3, 0.4) is 0 Å². The Morgan fingerprint density at radius 3 is 3.00 bits per heavy atom. The largest absolute Gasteiger partial charge is 0.375 e. The van der Waals surface area contributed by atoms with Crippen LogP contribution in [0.4, 0.5) is 0 Å². The van der Waals surface area contributed by atoms with Gasteiger partial charge in [-0.2, -0.15) is 0 Å². The summed E-state index contributed by atoms with van der Waals surface area (Å²) in [5.74, 6) is 1.01. The Morgan fingerprint density at radius 1 is 1.47 bits per heavy atom. The summed E-state index contributed by atoms with van der Waals surface area (Å²) in [6, 6.07) is 0.236. The van der Waals surface area contributed by atoms with Gasteiger partial charge in [-0.25, -0.2) is 0 Å². The molecule has 0 aromatic carbocycles. The Kier molecular flexibility index (Phi) is 4.40. The number of nitrogens with zero attached hydrogens (tertiary/aromatic N) is 1. The minimum absolute atomic E-state index is 0.184. The van der Waals surface area contributed by atoms with Gasteiger partial charge in [0.05, 0.1) is 18.8 Å². The molecule has 17 heavy (non-hydrogen) atoms. The second-order valence-electron chi connectivity index (χ2n) is 5.44. The number of ether oxygens (including phenoxy) is 1. The van der Waals surface area contributed by atoms with Crippen molar-refractivity contribution in [2.75, 3.05) is 26.2 Å². The number of hydrogen-bond donors (Lipinski definition) is 1. The van der Waals surface area contributed by atoms with E-state index in [9.17, 15) is 4.79 Å².